The third kappa shape index (κ3) is 7.42. The topological polar surface area (TPSA) is 66.5 Å². The highest BCUT2D eigenvalue weighted by atomic mass is 35.5. The summed E-state index contributed by atoms with van der Waals surface area (Å²) in [5, 5.41) is 3.86. The maximum Gasteiger partial charge on any atom is 0.224 e. The van der Waals surface area contributed by atoms with E-state index in [2.05, 4.69) is 19.2 Å². The normalized spacial score (nSPS) is 19.1. The highest BCUT2D eigenvalue weighted by molar-refractivity contribution is 7.88. The fraction of sp³-hybridized carbons (Fsp3) is 0.667. The molecule has 0 spiro atoms. The lowest BCUT2D eigenvalue weighted by molar-refractivity contribution is -0.126. The van der Waals surface area contributed by atoms with Crippen LogP contribution in [0.4, 0.5) is 0 Å². The second kappa shape index (κ2) is 11.5. The molecule has 1 fully saturated rings. The minimum atomic E-state index is -3.56. The highest BCUT2D eigenvalue weighted by Gasteiger charge is 2.32. The fourth-order valence-corrected chi connectivity index (χ4v) is 5.86. The van der Waals surface area contributed by atoms with Crippen LogP contribution >= 0.6 is 23.2 Å². The number of sulfonamides is 1. The van der Waals surface area contributed by atoms with Gasteiger partial charge in [0.05, 0.1) is 11.7 Å². The third-order valence-corrected chi connectivity index (χ3v) is 7.99. The molecule has 1 N–H and O–H groups in total. The fourth-order valence-electron chi connectivity index (χ4n) is 3.67. The first-order valence-electron chi connectivity index (χ1n) is 10.5. The number of amides is 1. The summed E-state index contributed by atoms with van der Waals surface area (Å²) in [6.45, 7) is 5.64. The molecule has 0 aromatic heterocycles. The molecule has 0 bridgehead atoms. The highest BCUT2D eigenvalue weighted by Crippen LogP contribution is 2.26. The van der Waals surface area contributed by atoms with Gasteiger partial charge in [0.25, 0.3) is 0 Å². The number of unbranched alkanes of at least 4 members (excludes halogenated alkanes) is 1. The van der Waals surface area contributed by atoms with E-state index >= 15 is 0 Å². The van der Waals surface area contributed by atoms with E-state index in [-0.39, 0.29) is 24.1 Å². The van der Waals surface area contributed by atoms with Crippen molar-refractivity contribution in [3.63, 3.8) is 0 Å². The molecule has 1 aliphatic rings. The summed E-state index contributed by atoms with van der Waals surface area (Å²) in [4.78, 5) is 12.6. The van der Waals surface area contributed by atoms with Gasteiger partial charge in [0.15, 0.2) is 0 Å². The lowest BCUT2D eigenvalue weighted by atomic mass is 9.96. The maximum atomic E-state index is 12.9. The molecule has 2 atom stereocenters. The zero-order valence-electron chi connectivity index (χ0n) is 17.3. The summed E-state index contributed by atoms with van der Waals surface area (Å²) < 4.78 is 27.2. The Morgan fingerprint density at radius 1 is 1.31 bits per heavy atom. The lowest BCUT2D eigenvalue weighted by Crippen LogP contribution is -2.46. The van der Waals surface area contributed by atoms with Crippen molar-refractivity contribution in [1.82, 2.24) is 9.62 Å². The van der Waals surface area contributed by atoms with E-state index in [1.165, 1.54) is 4.31 Å². The van der Waals surface area contributed by atoms with Gasteiger partial charge in [-0.05, 0) is 42.9 Å². The van der Waals surface area contributed by atoms with Crippen molar-refractivity contribution >= 4 is 39.1 Å². The second-order valence-corrected chi connectivity index (χ2v) is 10.7. The van der Waals surface area contributed by atoms with Gasteiger partial charge in [-0.25, -0.2) is 12.7 Å². The van der Waals surface area contributed by atoms with Crippen LogP contribution in [0, 0.1) is 11.8 Å². The molecule has 1 saturated heterocycles. The molecule has 0 saturated carbocycles. The SMILES string of the molecule is CCCCC(CC)CNC(=O)C1CCCN(S(=O)(=O)Cc2ccc(Cl)cc2Cl)C1. The smallest absolute Gasteiger partial charge is 0.224 e. The van der Waals surface area contributed by atoms with Crippen molar-refractivity contribution in [2.45, 2.75) is 58.1 Å². The Hall–Kier alpha value is -0.820. The van der Waals surface area contributed by atoms with Crippen molar-refractivity contribution in [3.8, 4) is 0 Å². The number of halogens is 2. The van der Waals surface area contributed by atoms with E-state index in [1.54, 1.807) is 18.2 Å². The standard InChI is InChI=1S/C21H32Cl2N2O3S/c1-3-5-7-16(4-2)13-24-21(26)17-8-6-11-25(14-17)29(27,28)15-18-9-10-19(22)12-20(18)23/h9-10,12,16-17H,3-8,11,13-15H2,1-2H3,(H,24,26). The Morgan fingerprint density at radius 2 is 2.07 bits per heavy atom. The minimum Gasteiger partial charge on any atom is -0.356 e. The summed E-state index contributed by atoms with van der Waals surface area (Å²) in [6.07, 6.45) is 5.85. The predicted octanol–water partition coefficient (Wildman–Crippen LogP) is 4.87. The molecular weight excluding hydrogens is 431 g/mol. The van der Waals surface area contributed by atoms with Crippen LogP contribution < -0.4 is 5.32 Å². The van der Waals surface area contributed by atoms with Crippen LogP contribution in [-0.4, -0.2) is 38.3 Å². The van der Waals surface area contributed by atoms with Crippen molar-refractivity contribution in [2.24, 2.45) is 11.8 Å². The van der Waals surface area contributed by atoms with Gasteiger partial charge < -0.3 is 5.32 Å². The molecule has 2 rings (SSSR count). The number of rotatable bonds is 10. The van der Waals surface area contributed by atoms with Gasteiger partial charge in [0, 0.05) is 29.7 Å². The van der Waals surface area contributed by atoms with Crippen LogP contribution in [0.5, 0.6) is 0 Å². The number of piperidine rings is 1. The predicted molar refractivity (Wildman–Crippen MR) is 120 cm³/mol. The van der Waals surface area contributed by atoms with Gasteiger partial charge in [0.2, 0.25) is 15.9 Å². The summed E-state index contributed by atoms with van der Waals surface area (Å²) in [7, 11) is -3.56. The molecule has 1 aliphatic heterocycles. The van der Waals surface area contributed by atoms with Gasteiger partial charge in [-0.3, -0.25) is 4.79 Å². The van der Waals surface area contributed by atoms with Crippen molar-refractivity contribution in [2.75, 3.05) is 19.6 Å². The minimum absolute atomic E-state index is 0.0376. The average molecular weight is 463 g/mol. The Bertz CT molecular complexity index is 786. The van der Waals surface area contributed by atoms with Crippen LogP contribution in [0.3, 0.4) is 0 Å². The van der Waals surface area contributed by atoms with Gasteiger partial charge in [-0.15, -0.1) is 0 Å². The average Bonchev–Trinajstić information content (AvgIpc) is 2.70. The number of hydrogen-bond donors (Lipinski definition) is 1. The Balaban J connectivity index is 1.95. The number of carbonyl (C=O) groups excluding carboxylic acids is 1. The number of carbonyl (C=O) groups is 1. The molecule has 8 heteroatoms. The summed E-state index contributed by atoms with van der Waals surface area (Å²) >= 11 is 12.0. The van der Waals surface area contributed by atoms with E-state index in [1.807, 2.05) is 0 Å². The lowest BCUT2D eigenvalue weighted by Gasteiger charge is -2.31. The molecule has 1 amide bonds. The van der Waals surface area contributed by atoms with Crippen LogP contribution in [0.25, 0.3) is 0 Å². The summed E-state index contributed by atoms with van der Waals surface area (Å²) in [5.41, 5.74) is 0.518. The van der Waals surface area contributed by atoms with Crippen molar-refractivity contribution in [1.29, 1.82) is 0 Å². The largest absolute Gasteiger partial charge is 0.356 e. The molecule has 5 nitrogen and oxygen atoms in total. The first-order valence-corrected chi connectivity index (χ1v) is 12.8. The molecule has 164 valence electrons. The Kier molecular flexibility index (Phi) is 9.73. The molecule has 2 unspecified atom stereocenters. The molecule has 29 heavy (non-hydrogen) atoms. The van der Waals surface area contributed by atoms with Crippen molar-refractivity contribution < 1.29 is 13.2 Å². The van der Waals surface area contributed by atoms with Crippen LogP contribution in [0.1, 0.15) is 57.9 Å². The molecule has 1 heterocycles. The van der Waals surface area contributed by atoms with Crippen molar-refractivity contribution in [3.05, 3.63) is 33.8 Å². The van der Waals surface area contributed by atoms with Gasteiger partial charge in [-0.1, -0.05) is 62.4 Å². The van der Waals surface area contributed by atoms with E-state index in [0.29, 0.717) is 47.5 Å². The van der Waals surface area contributed by atoms with E-state index in [0.717, 1.165) is 25.7 Å². The maximum absolute atomic E-state index is 12.9. The van der Waals surface area contributed by atoms with Gasteiger partial charge in [0.1, 0.15) is 0 Å². The number of nitrogens with zero attached hydrogens (tertiary/aromatic N) is 1. The van der Waals surface area contributed by atoms with E-state index in [4.69, 9.17) is 23.2 Å². The van der Waals surface area contributed by atoms with Gasteiger partial charge in [-0.2, -0.15) is 0 Å². The molecule has 1 aromatic carbocycles. The monoisotopic (exact) mass is 462 g/mol. The number of nitrogens with one attached hydrogen (secondary N) is 1. The number of benzene rings is 1. The molecular formula is C21H32Cl2N2O3S. The van der Waals surface area contributed by atoms with Gasteiger partial charge >= 0.3 is 0 Å². The second-order valence-electron chi connectivity index (χ2n) is 7.85. The number of hydrogen-bond acceptors (Lipinski definition) is 3. The molecule has 0 aliphatic carbocycles. The summed E-state index contributed by atoms with van der Waals surface area (Å²) in [5.74, 6) is -0.0478. The zero-order chi connectivity index (χ0) is 21.4. The molecule has 1 aromatic rings. The third-order valence-electron chi connectivity index (χ3n) is 5.61. The quantitative estimate of drug-likeness (QED) is 0.539. The van der Waals surface area contributed by atoms with Crippen LogP contribution in [0.2, 0.25) is 10.0 Å². The zero-order valence-corrected chi connectivity index (χ0v) is 19.6. The Labute approximate surface area is 185 Å². The van der Waals surface area contributed by atoms with E-state index < -0.39 is 10.0 Å². The first kappa shape index (κ1) is 24.4. The summed E-state index contributed by atoms with van der Waals surface area (Å²) in [6, 6.07) is 4.81. The molecule has 0 radical (unpaired) electrons. The van der Waals surface area contributed by atoms with E-state index in [9.17, 15) is 13.2 Å². The van der Waals surface area contributed by atoms with Crippen LogP contribution in [-0.2, 0) is 20.6 Å². The first-order chi connectivity index (χ1) is 13.8. The Morgan fingerprint density at radius 3 is 2.72 bits per heavy atom. The van der Waals surface area contributed by atoms with Crippen LogP contribution in [0.15, 0.2) is 18.2 Å².